The van der Waals surface area contributed by atoms with Crippen molar-refractivity contribution in [2.24, 2.45) is 0 Å². The molecule has 0 radical (unpaired) electrons. The van der Waals surface area contributed by atoms with Crippen LogP contribution < -0.4 is 9.62 Å². The molecule has 0 unspecified atom stereocenters. The standard InChI is InChI=1S/C20H18ClN3O2S/c21-16-7-3-8-18(13-16)27(25,26)23-20-11-10-17(14-22-20)24-12-4-6-15-5-1-2-9-19(15)24/h1-3,5,7-11,13-14H,4,6,12H2,(H,22,23). The molecule has 1 N–H and O–H groups in total. The minimum absolute atomic E-state index is 0.103. The zero-order chi connectivity index (χ0) is 18.9. The Labute approximate surface area is 163 Å². The second kappa shape index (κ2) is 7.21. The van der Waals surface area contributed by atoms with Gasteiger partial charge in [-0.25, -0.2) is 13.4 Å². The van der Waals surface area contributed by atoms with Crippen LogP contribution in [0, 0.1) is 0 Å². The summed E-state index contributed by atoms with van der Waals surface area (Å²) in [7, 11) is -3.73. The number of halogens is 1. The Morgan fingerprint density at radius 1 is 1.04 bits per heavy atom. The van der Waals surface area contributed by atoms with E-state index < -0.39 is 10.0 Å². The lowest BCUT2D eigenvalue weighted by Crippen LogP contribution is -2.24. The molecule has 1 aromatic heterocycles. The molecule has 0 aliphatic carbocycles. The first-order chi connectivity index (χ1) is 13.0. The van der Waals surface area contributed by atoms with Crippen molar-refractivity contribution in [3.63, 3.8) is 0 Å². The fourth-order valence-corrected chi connectivity index (χ4v) is 4.55. The van der Waals surface area contributed by atoms with Gasteiger partial charge in [-0.1, -0.05) is 35.9 Å². The first-order valence-corrected chi connectivity index (χ1v) is 10.5. The lowest BCUT2D eigenvalue weighted by molar-refractivity contribution is 0.601. The lowest BCUT2D eigenvalue weighted by Gasteiger charge is -2.31. The second-order valence-electron chi connectivity index (χ2n) is 6.35. The predicted molar refractivity (Wildman–Crippen MR) is 108 cm³/mol. The van der Waals surface area contributed by atoms with Crippen molar-refractivity contribution in [2.75, 3.05) is 16.2 Å². The summed E-state index contributed by atoms with van der Waals surface area (Å²) in [6.45, 7) is 0.909. The summed E-state index contributed by atoms with van der Waals surface area (Å²) in [5, 5.41) is 0.366. The number of hydrogen-bond acceptors (Lipinski definition) is 4. The largest absolute Gasteiger partial charge is 0.340 e. The van der Waals surface area contributed by atoms with Gasteiger partial charge in [0.25, 0.3) is 10.0 Å². The Hall–Kier alpha value is -2.57. The number of aromatic nitrogens is 1. The minimum Gasteiger partial charge on any atom is -0.340 e. The van der Waals surface area contributed by atoms with E-state index in [0.717, 1.165) is 25.1 Å². The van der Waals surface area contributed by atoms with E-state index in [1.54, 1.807) is 24.4 Å². The van der Waals surface area contributed by atoms with Gasteiger partial charge in [0.05, 0.1) is 16.8 Å². The number of pyridine rings is 1. The molecule has 0 saturated heterocycles. The topological polar surface area (TPSA) is 62.3 Å². The molecular formula is C20H18ClN3O2S. The van der Waals surface area contributed by atoms with Crippen LogP contribution in [0.2, 0.25) is 5.02 Å². The van der Waals surface area contributed by atoms with Crippen molar-refractivity contribution >= 4 is 38.8 Å². The second-order valence-corrected chi connectivity index (χ2v) is 8.47. The number of sulfonamides is 1. The van der Waals surface area contributed by atoms with Crippen molar-refractivity contribution in [3.05, 3.63) is 77.4 Å². The van der Waals surface area contributed by atoms with Crippen molar-refractivity contribution in [3.8, 4) is 0 Å². The number of benzene rings is 2. The Morgan fingerprint density at radius 2 is 1.89 bits per heavy atom. The van der Waals surface area contributed by atoms with Crippen LogP contribution in [0.3, 0.4) is 0 Å². The number of hydrogen-bond donors (Lipinski definition) is 1. The molecule has 3 aromatic rings. The van der Waals surface area contributed by atoms with Gasteiger partial charge in [-0.2, -0.15) is 0 Å². The number of nitrogens with one attached hydrogen (secondary N) is 1. The van der Waals surface area contributed by atoms with Crippen LogP contribution in [0.4, 0.5) is 17.2 Å². The van der Waals surface area contributed by atoms with Crippen LogP contribution in [0.25, 0.3) is 0 Å². The van der Waals surface area contributed by atoms with Crippen LogP contribution in [0.1, 0.15) is 12.0 Å². The van der Waals surface area contributed by atoms with E-state index in [-0.39, 0.29) is 10.7 Å². The van der Waals surface area contributed by atoms with E-state index in [0.29, 0.717) is 5.02 Å². The van der Waals surface area contributed by atoms with Crippen molar-refractivity contribution < 1.29 is 8.42 Å². The molecule has 138 valence electrons. The summed E-state index contributed by atoms with van der Waals surface area (Å²) < 4.78 is 27.5. The fourth-order valence-electron chi connectivity index (χ4n) is 3.24. The zero-order valence-electron chi connectivity index (χ0n) is 14.5. The van der Waals surface area contributed by atoms with Gasteiger partial charge in [0.1, 0.15) is 5.82 Å². The number of fused-ring (bicyclic) bond motifs is 1. The highest BCUT2D eigenvalue weighted by Gasteiger charge is 2.19. The van der Waals surface area contributed by atoms with Crippen molar-refractivity contribution in [1.29, 1.82) is 0 Å². The highest BCUT2D eigenvalue weighted by Crippen LogP contribution is 2.33. The van der Waals surface area contributed by atoms with Gasteiger partial charge in [-0.3, -0.25) is 4.72 Å². The van der Waals surface area contributed by atoms with E-state index in [2.05, 4.69) is 26.7 Å². The summed E-state index contributed by atoms with van der Waals surface area (Å²) in [6, 6.07) is 18.0. The maximum Gasteiger partial charge on any atom is 0.263 e. The molecule has 0 atom stereocenters. The van der Waals surface area contributed by atoms with E-state index in [9.17, 15) is 8.42 Å². The third-order valence-electron chi connectivity index (χ3n) is 4.52. The average molecular weight is 400 g/mol. The highest BCUT2D eigenvalue weighted by molar-refractivity contribution is 7.92. The van der Waals surface area contributed by atoms with Crippen LogP contribution in [0.15, 0.2) is 71.8 Å². The Kier molecular flexibility index (Phi) is 4.76. The van der Waals surface area contributed by atoms with Gasteiger partial charge >= 0.3 is 0 Å². The number of rotatable bonds is 4. The van der Waals surface area contributed by atoms with E-state index >= 15 is 0 Å². The third-order valence-corrected chi connectivity index (χ3v) is 6.10. The quantitative estimate of drug-likeness (QED) is 0.695. The van der Waals surface area contributed by atoms with E-state index in [1.807, 2.05) is 18.2 Å². The molecule has 1 aliphatic heterocycles. The van der Waals surface area contributed by atoms with Crippen LogP contribution in [0.5, 0.6) is 0 Å². The van der Waals surface area contributed by atoms with Crippen LogP contribution in [-0.4, -0.2) is 19.9 Å². The Balaban J connectivity index is 1.57. The lowest BCUT2D eigenvalue weighted by atomic mass is 10.0. The first-order valence-electron chi connectivity index (χ1n) is 8.63. The molecule has 0 saturated carbocycles. The Bertz CT molecular complexity index is 1070. The molecule has 0 spiro atoms. The minimum atomic E-state index is -3.73. The number of anilines is 3. The molecule has 5 nitrogen and oxygen atoms in total. The SMILES string of the molecule is O=S(=O)(Nc1ccc(N2CCCc3ccccc32)cn1)c1cccc(Cl)c1. The summed E-state index contributed by atoms with van der Waals surface area (Å²) in [4.78, 5) is 6.61. The summed E-state index contributed by atoms with van der Waals surface area (Å²) in [5.74, 6) is 0.268. The van der Waals surface area contributed by atoms with Gasteiger partial charge in [-0.05, 0) is 54.8 Å². The third kappa shape index (κ3) is 3.77. The van der Waals surface area contributed by atoms with Gasteiger partial charge in [0.15, 0.2) is 0 Å². The van der Waals surface area contributed by atoms with Gasteiger partial charge in [-0.15, -0.1) is 0 Å². The maximum atomic E-state index is 12.5. The molecule has 7 heteroatoms. The van der Waals surface area contributed by atoms with E-state index in [1.165, 1.54) is 23.4 Å². The monoisotopic (exact) mass is 399 g/mol. The molecule has 27 heavy (non-hydrogen) atoms. The summed E-state index contributed by atoms with van der Waals surface area (Å²) >= 11 is 5.89. The maximum absolute atomic E-state index is 12.5. The average Bonchev–Trinajstić information content (AvgIpc) is 2.68. The normalized spacial score (nSPS) is 13.9. The van der Waals surface area contributed by atoms with E-state index in [4.69, 9.17) is 11.6 Å². The molecule has 0 amide bonds. The highest BCUT2D eigenvalue weighted by atomic mass is 35.5. The Morgan fingerprint density at radius 3 is 2.67 bits per heavy atom. The molecule has 1 aliphatic rings. The van der Waals surface area contributed by atoms with Gasteiger partial charge in [0, 0.05) is 17.3 Å². The first kappa shape index (κ1) is 17.8. The smallest absolute Gasteiger partial charge is 0.263 e. The zero-order valence-corrected chi connectivity index (χ0v) is 16.0. The summed E-state index contributed by atoms with van der Waals surface area (Å²) in [5.41, 5.74) is 3.43. The molecule has 0 bridgehead atoms. The number of nitrogens with zero attached hydrogens (tertiary/aromatic N) is 2. The number of para-hydroxylation sites is 1. The molecule has 0 fully saturated rings. The predicted octanol–water partition coefficient (Wildman–Crippen LogP) is 4.62. The molecule has 2 heterocycles. The fraction of sp³-hybridized carbons (Fsp3) is 0.150. The van der Waals surface area contributed by atoms with Crippen LogP contribution >= 0.6 is 11.6 Å². The van der Waals surface area contributed by atoms with Crippen molar-refractivity contribution in [1.82, 2.24) is 4.98 Å². The van der Waals surface area contributed by atoms with Crippen molar-refractivity contribution in [2.45, 2.75) is 17.7 Å². The van der Waals surface area contributed by atoms with Gasteiger partial charge < -0.3 is 4.90 Å². The molecule has 4 rings (SSSR count). The number of aryl methyl sites for hydroxylation is 1. The van der Waals surface area contributed by atoms with Crippen LogP contribution in [-0.2, 0) is 16.4 Å². The molecule has 2 aromatic carbocycles. The summed E-state index contributed by atoms with van der Waals surface area (Å²) in [6.07, 6.45) is 3.83. The van der Waals surface area contributed by atoms with Gasteiger partial charge in [0.2, 0.25) is 0 Å². The molecular weight excluding hydrogens is 382 g/mol.